The normalized spacial score (nSPS) is 19.5. The first-order valence-corrected chi connectivity index (χ1v) is 19.3. The molecule has 8 N–H and O–H groups in total. The number of rotatable bonds is 9. The van der Waals surface area contributed by atoms with Crippen LogP contribution in [0.4, 0.5) is 38.9 Å². The fourth-order valence-corrected chi connectivity index (χ4v) is 7.89. The Balaban J connectivity index is 0.000000150. The zero-order chi connectivity index (χ0) is 37.2. The Morgan fingerprint density at radius 3 is 2.17 bits per heavy atom. The van der Waals surface area contributed by atoms with Crippen LogP contribution in [0, 0.1) is 0 Å². The first-order chi connectivity index (χ1) is 25.7. The third kappa shape index (κ3) is 9.50. The number of amides is 2. The maximum absolute atomic E-state index is 11.6. The molecule has 5 aromatic carbocycles. The summed E-state index contributed by atoms with van der Waals surface area (Å²) in [6.45, 7) is 4.66. The van der Waals surface area contributed by atoms with Crippen LogP contribution in [0.15, 0.2) is 107 Å². The molecular formula is C41H48N8O3S. The van der Waals surface area contributed by atoms with Gasteiger partial charge in [-0.15, -0.1) is 5.11 Å². The maximum atomic E-state index is 11.6. The smallest absolute Gasteiger partial charge is 0.315 e. The molecule has 11 nitrogen and oxygen atoms in total. The number of benzene rings is 5. The number of azo groups is 1. The monoisotopic (exact) mass is 732 g/mol. The van der Waals surface area contributed by atoms with Crippen LogP contribution in [0.5, 0.6) is 0 Å². The van der Waals surface area contributed by atoms with Crippen LogP contribution in [-0.4, -0.2) is 47.9 Å². The lowest BCUT2D eigenvalue weighted by atomic mass is 9.96. The number of carbonyl (C=O) groups is 2. The molecule has 5 aromatic rings. The van der Waals surface area contributed by atoms with Crippen molar-refractivity contribution in [2.75, 3.05) is 40.2 Å². The Morgan fingerprint density at radius 2 is 1.43 bits per heavy atom. The molecule has 2 amide bonds. The molecule has 12 heteroatoms. The van der Waals surface area contributed by atoms with Crippen molar-refractivity contribution in [2.45, 2.75) is 63.7 Å². The van der Waals surface area contributed by atoms with Gasteiger partial charge in [-0.1, -0.05) is 67.9 Å². The number of hydrogen-bond donors (Lipinski definition) is 6. The molecule has 3 heterocycles. The van der Waals surface area contributed by atoms with Crippen molar-refractivity contribution in [3.05, 3.63) is 97.1 Å². The Morgan fingerprint density at radius 1 is 0.792 bits per heavy atom. The number of urea groups is 1. The van der Waals surface area contributed by atoms with Crippen LogP contribution in [0.1, 0.15) is 46.0 Å². The standard InChI is InChI=1S/C20H27N3O2.C16H13N3.C5H8N2OS/c1-3-4-9-18(24)25-13-6-12-20(2)22-16-8-5-7-14-15(21)10-11-17(23-20)19(14)16;17-15-10-11-16(14-9-5-4-8-13(14)15)19-18-12-6-2-1-3-7-12;8-5-6-3-1-9-2-4(3)7-5/h5,7-8,10-11,22-23H,3-4,6,9,12-13,21H2,1-2H3;1-11H,17H2;3-4H,1-2H2,(H2,6,7,8)/t;;3-,4?/m..1/s1. The Bertz CT molecular complexity index is 2050. The predicted octanol–water partition coefficient (Wildman–Crippen LogP) is 9.11. The summed E-state index contributed by atoms with van der Waals surface area (Å²) in [5.41, 5.74) is 17.1. The second-order valence-electron chi connectivity index (χ2n) is 13.6. The van der Waals surface area contributed by atoms with Crippen LogP contribution in [-0.2, 0) is 9.53 Å². The Labute approximate surface area is 314 Å². The predicted molar refractivity (Wildman–Crippen MR) is 219 cm³/mol. The summed E-state index contributed by atoms with van der Waals surface area (Å²) >= 11 is 1.89. The molecule has 0 saturated carbocycles. The fourth-order valence-electron chi connectivity index (χ4n) is 6.61. The summed E-state index contributed by atoms with van der Waals surface area (Å²) in [6, 6.07) is 32.3. The largest absolute Gasteiger partial charge is 0.466 e. The van der Waals surface area contributed by atoms with Gasteiger partial charge in [-0.05, 0) is 68.7 Å². The van der Waals surface area contributed by atoms with E-state index in [9.17, 15) is 9.59 Å². The fraction of sp³-hybridized carbons (Fsp3) is 0.317. The molecule has 2 unspecified atom stereocenters. The highest BCUT2D eigenvalue weighted by atomic mass is 32.2. The van der Waals surface area contributed by atoms with Crippen molar-refractivity contribution in [3.8, 4) is 0 Å². The summed E-state index contributed by atoms with van der Waals surface area (Å²) in [6.07, 6.45) is 4.06. The zero-order valence-electron chi connectivity index (χ0n) is 30.2. The number of esters is 1. The van der Waals surface area contributed by atoms with Crippen LogP contribution in [0.25, 0.3) is 21.5 Å². The third-order valence-corrected chi connectivity index (χ3v) is 10.6. The van der Waals surface area contributed by atoms with Gasteiger partial charge in [0, 0.05) is 62.2 Å². The van der Waals surface area contributed by atoms with Crippen LogP contribution >= 0.6 is 11.8 Å². The number of unbranched alkanes of at least 4 members (excludes halogenated alkanes) is 1. The minimum atomic E-state index is -0.284. The lowest BCUT2D eigenvalue weighted by Gasteiger charge is -2.39. The number of nitrogens with two attached hydrogens (primary N) is 2. The van der Waals surface area contributed by atoms with E-state index in [1.54, 1.807) is 0 Å². The summed E-state index contributed by atoms with van der Waals surface area (Å²) in [5, 5.41) is 25.6. The van der Waals surface area contributed by atoms with Crippen LogP contribution in [0.3, 0.4) is 0 Å². The average molecular weight is 733 g/mol. The molecule has 53 heavy (non-hydrogen) atoms. The number of nitrogen functional groups attached to an aromatic ring is 2. The summed E-state index contributed by atoms with van der Waals surface area (Å²) in [5.74, 6) is 2.05. The zero-order valence-corrected chi connectivity index (χ0v) is 31.0. The van der Waals surface area contributed by atoms with E-state index in [0.29, 0.717) is 25.1 Å². The van der Waals surface area contributed by atoms with Crippen molar-refractivity contribution in [1.29, 1.82) is 0 Å². The molecule has 0 bridgehead atoms. The number of ether oxygens (including phenoxy) is 1. The molecule has 0 aromatic heterocycles. The number of anilines is 4. The molecule has 276 valence electrons. The van der Waals surface area contributed by atoms with Gasteiger partial charge in [-0.2, -0.15) is 16.9 Å². The third-order valence-electron chi connectivity index (χ3n) is 9.39. The molecule has 8 rings (SSSR count). The quantitative estimate of drug-likeness (QED) is 0.0287. The van der Waals surface area contributed by atoms with Gasteiger partial charge in [0.1, 0.15) is 5.66 Å². The molecule has 0 aliphatic carbocycles. The van der Waals surface area contributed by atoms with E-state index < -0.39 is 0 Å². The van der Waals surface area contributed by atoms with Crippen LogP contribution in [0.2, 0.25) is 0 Å². The second-order valence-corrected chi connectivity index (χ2v) is 14.6. The minimum absolute atomic E-state index is 0.00491. The molecule has 3 aliphatic rings. The van der Waals surface area contributed by atoms with Crippen molar-refractivity contribution < 1.29 is 14.3 Å². The molecule has 0 radical (unpaired) electrons. The minimum Gasteiger partial charge on any atom is -0.466 e. The van der Waals surface area contributed by atoms with Gasteiger partial charge in [-0.3, -0.25) is 4.79 Å². The van der Waals surface area contributed by atoms with Crippen molar-refractivity contribution in [1.82, 2.24) is 10.6 Å². The highest BCUT2D eigenvalue weighted by Crippen LogP contribution is 2.41. The Hall–Kier alpha value is -5.49. The highest BCUT2D eigenvalue weighted by Gasteiger charge is 2.35. The number of hydrogen-bond acceptors (Lipinski definition) is 10. The molecule has 2 saturated heterocycles. The van der Waals surface area contributed by atoms with Crippen molar-refractivity contribution in [3.63, 3.8) is 0 Å². The summed E-state index contributed by atoms with van der Waals surface area (Å²) in [4.78, 5) is 22.2. The van der Waals surface area contributed by atoms with E-state index in [4.69, 9.17) is 16.2 Å². The van der Waals surface area contributed by atoms with Gasteiger partial charge >= 0.3 is 12.0 Å². The second kappa shape index (κ2) is 17.4. The average Bonchev–Trinajstić information content (AvgIpc) is 3.76. The molecule has 3 atom stereocenters. The van der Waals surface area contributed by atoms with Gasteiger partial charge in [0.15, 0.2) is 0 Å². The van der Waals surface area contributed by atoms with Crippen molar-refractivity contribution in [2.24, 2.45) is 10.2 Å². The van der Waals surface area contributed by atoms with E-state index in [1.807, 2.05) is 103 Å². The van der Waals surface area contributed by atoms with Gasteiger partial charge in [0.2, 0.25) is 0 Å². The number of nitrogens with zero attached hydrogens (tertiary/aromatic N) is 2. The summed E-state index contributed by atoms with van der Waals surface area (Å²) < 4.78 is 5.31. The lowest BCUT2D eigenvalue weighted by molar-refractivity contribution is -0.143. The molecule has 3 aliphatic heterocycles. The first-order valence-electron chi connectivity index (χ1n) is 18.1. The van der Waals surface area contributed by atoms with E-state index in [0.717, 1.165) is 92.9 Å². The van der Waals surface area contributed by atoms with Crippen molar-refractivity contribution >= 4 is 79.4 Å². The van der Waals surface area contributed by atoms with Crippen LogP contribution < -0.4 is 32.7 Å². The van der Waals surface area contributed by atoms with E-state index >= 15 is 0 Å². The van der Waals surface area contributed by atoms with E-state index in [2.05, 4.69) is 51.4 Å². The van der Waals surface area contributed by atoms with Gasteiger partial charge in [-0.25, -0.2) is 4.79 Å². The maximum Gasteiger partial charge on any atom is 0.315 e. The Kier molecular flexibility index (Phi) is 12.2. The highest BCUT2D eigenvalue weighted by molar-refractivity contribution is 7.99. The number of carbonyl (C=O) groups excluding carboxylic acids is 2. The molecule has 0 spiro atoms. The first kappa shape index (κ1) is 37.3. The number of thioether (sulfide) groups is 1. The SMILES string of the molecule is CCCCC(=O)OCCCC1(C)Nc2cccc3c(N)ccc(c23)N1.Nc1ccc(N=Nc2ccccc2)c2ccccc12.O=C1NC2CSC[C@H]2N1. The number of nitrogens with one attached hydrogen (secondary N) is 4. The molecule has 2 fully saturated rings. The topological polar surface area (TPSA) is 168 Å². The summed E-state index contributed by atoms with van der Waals surface area (Å²) in [7, 11) is 0. The van der Waals surface area contributed by atoms with E-state index in [-0.39, 0.29) is 17.7 Å². The van der Waals surface area contributed by atoms with Gasteiger partial charge < -0.3 is 37.5 Å². The van der Waals surface area contributed by atoms with Gasteiger partial charge in [0.25, 0.3) is 0 Å². The lowest BCUT2D eigenvalue weighted by Crippen LogP contribution is -2.45. The van der Waals surface area contributed by atoms with E-state index in [1.165, 1.54) is 0 Å². The van der Waals surface area contributed by atoms with Gasteiger partial charge in [0.05, 0.1) is 30.1 Å². The number of fused-ring (bicyclic) bond motifs is 2. The molecular weight excluding hydrogens is 685 g/mol.